The van der Waals surface area contributed by atoms with Gasteiger partial charge in [-0.15, -0.1) is 0 Å². The van der Waals surface area contributed by atoms with Crippen molar-refractivity contribution in [2.45, 2.75) is 32.4 Å². The van der Waals surface area contributed by atoms with Gasteiger partial charge in [-0.05, 0) is 32.4 Å². The quantitative estimate of drug-likeness (QED) is 0.890. The molecule has 0 amide bonds. The topological polar surface area (TPSA) is 50.4 Å². The second-order valence-corrected chi connectivity index (χ2v) is 6.36. The molecule has 1 N–H and O–H groups in total. The normalized spacial score (nSPS) is 21.7. The molecule has 0 saturated carbocycles. The number of methoxy groups -OCH3 is 1. The number of aryl methyl sites for hydroxylation is 2. The zero-order valence-corrected chi connectivity index (χ0v) is 14.1. The van der Waals surface area contributed by atoms with Crippen molar-refractivity contribution in [2.24, 2.45) is 0 Å². The van der Waals surface area contributed by atoms with E-state index >= 15 is 0 Å². The van der Waals surface area contributed by atoms with E-state index in [0.717, 1.165) is 43.2 Å². The average Bonchev–Trinajstić information content (AvgIpc) is 3.13. The largest absolute Gasteiger partial charge is 0.491 e. The van der Waals surface area contributed by atoms with Gasteiger partial charge < -0.3 is 9.47 Å². The monoisotopic (exact) mass is 315 g/mol. The molecular formula is C18H25N3O2. The van der Waals surface area contributed by atoms with Crippen LogP contribution in [-0.2, 0) is 11.3 Å². The Hall–Kier alpha value is -1.85. The highest BCUT2D eigenvalue weighted by atomic mass is 16.5. The van der Waals surface area contributed by atoms with Gasteiger partial charge in [-0.3, -0.25) is 10.00 Å². The summed E-state index contributed by atoms with van der Waals surface area (Å²) in [6, 6.07) is 9.93. The third-order valence-electron chi connectivity index (χ3n) is 4.74. The molecule has 1 aromatic carbocycles. The highest BCUT2D eigenvalue weighted by molar-refractivity contribution is 5.23. The predicted octanol–water partition coefficient (Wildman–Crippen LogP) is 2.70. The van der Waals surface area contributed by atoms with Gasteiger partial charge in [-0.25, -0.2) is 0 Å². The van der Waals surface area contributed by atoms with Gasteiger partial charge in [0.05, 0.1) is 5.69 Å². The van der Waals surface area contributed by atoms with Crippen LogP contribution in [0.1, 0.15) is 23.4 Å². The maximum atomic E-state index is 5.94. The first-order chi connectivity index (χ1) is 11.1. The van der Waals surface area contributed by atoms with Crippen LogP contribution in [0.15, 0.2) is 30.3 Å². The number of rotatable bonds is 6. The van der Waals surface area contributed by atoms with E-state index < -0.39 is 0 Å². The molecule has 2 heterocycles. The molecule has 0 bridgehead atoms. The third-order valence-corrected chi connectivity index (χ3v) is 4.74. The Morgan fingerprint density at radius 2 is 2.04 bits per heavy atom. The Labute approximate surface area is 137 Å². The van der Waals surface area contributed by atoms with Crippen molar-refractivity contribution in [1.82, 2.24) is 15.1 Å². The first kappa shape index (κ1) is 16.0. The van der Waals surface area contributed by atoms with Crippen LogP contribution in [-0.4, -0.2) is 47.5 Å². The van der Waals surface area contributed by atoms with Crippen LogP contribution >= 0.6 is 0 Å². The van der Waals surface area contributed by atoms with Gasteiger partial charge in [-0.1, -0.05) is 18.2 Å². The van der Waals surface area contributed by atoms with E-state index in [1.165, 1.54) is 5.56 Å². The number of H-pyrrole nitrogens is 1. The van der Waals surface area contributed by atoms with Gasteiger partial charge in [0.25, 0.3) is 0 Å². The number of hydrogen-bond acceptors (Lipinski definition) is 4. The number of aromatic amines is 1. The highest BCUT2D eigenvalue weighted by Crippen LogP contribution is 2.28. The van der Waals surface area contributed by atoms with E-state index in [1.54, 1.807) is 7.11 Å². The molecule has 1 saturated heterocycles. The van der Waals surface area contributed by atoms with E-state index in [4.69, 9.17) is 9.47 Å². The molecule has 1 aromatic heterocycles. The minimum atomic E-state index is -0.235. The van der Waals surface area contributed by atoms with Crippen LogP contribution in [0.25, 0.3) is 0 Å². The van der Waals surface area contributed by atoms with Crippen LogP contribution in [0.4, 0.5) is 0 Å². The molecule has 124 valence electrons. The van der Waals surface area contributed by atoms with E-state index in [9.17, 15) is 0 Å². The summed E-state index contributed by atoms with van der Waals surface area (Å²) in [5, 5.41) is 7.34. The number of hydrogen-bond donors (Lipinski definition) is 1. The Bertz CT molecular complexity index is 621. The predicted molar refractivity (Wildman–Crippen MR) is 89.6 cm³/mol. The molecule has 0 radical (unpaired) electrons. The first-order valence-corrected chi connectivity index (χ1v) is 8.08. The van der Waals surface area contributed by atoms with Crippen LogP contribution in [0.2, 0.25) is 0 Å². The summed E-state index contributed by atoms with van der Waals surface area (Å²) in [6.45, 7) is 7.50. The molecule has 1 aliphatic rings. The third kappa shape index (κ3) is 3.57. The summed E-state index contributed by atoms with van der Waals surface area (Å²) in [5.41, 5.74) is 3.29. The average molecular weight is 315 g/mol. The minimum Gasteiger partial charge on any atom is -0.491 e. The van der Waals surface area contributed by atoms with Crippen molar-refractivity contribution < 1.29 is 9.47 Å². The van der Waals surface area contributed by atoms with E-state index in [-0.39, 0.29) is 5.60 Å². The fraction of sp³-hybridized carbons (Fsp3) is 0.500. The van der Waals surface area contributed by atoms with Crippen LogP contribution < -0.4 is 4.74 Å². The Morgan fingerprint density at radius 3 is 2.70 bits per heavy atom. The zero-order chi connectivity index (χ0) is 16.3. The van der Waals surface area contributed by atoms with Crippen molar-refractivity contribution in [3.8, 4) is 5.75 Å². The standard InChI is InChI=1S/C18H25N3O2/c1-14-17(15(2)20-19-14)11-21-10-9-18(12-21,22-3)13-23-16-7-5-4-6-8-16/h4-8H,9-13H2,1-3H3,(H,19,20)/t18-/m0/s1. The van der Waals surface area contributed by atoms with Gasteiger partial charge >= 0.3 is 0 Å². The summed E-state index contributed by atoms with van der Waals surface area (Å²) in [4.78, 5) is 2.42. The van der Waals surface area contributed by atoms with Crippen LogP contribution in [0, 0.1) is 13.8 Å². The Kier molecular flexibility index (Phi) is 4.68. The molecule has 5 nitrogen and oxygen atoms in total. The lowest BCUT2D eigenvalue weighted by Crippen LogP contribution is -2.41. The molecule has 0 unspecified atom stereocenters. The van der Waals surface area contributed by atoms with Crippen molar-refractivity contribution >= 4 is 0 Å². The number of nitrogens with one attached hydrogen (secondary N) is 1. The summed E-state index contributed by atoms with van der Waals surface area (Å²) in [7, 11) is 1.78. The van der Waals surface area contributed by atoms with Crippen LogP contribution in [0.3, 0.4) is 0 Å². The smallest absolute Gasteiger partial charge is 0.119 e. The summed E-state index contributed by atoms with van der Waals surface area (Å²) >= 11 is 0. The molecule has 2 aromatic rings. The molecule has 23 heavy (non-hydrogen) atoms. The lowest BCUT2D eigenvalue weighted by Gasteiger charge is -2.28. The maximum Gasteiger partial charge on any atom is 0.119 e. The Morgan fingerprint density at radius 1 is 1.26 bits per heavy atom. The lowest BCUT2D eigenvalue weighted by molar-refractivity contribution is -0.0359. The van der Waals surface area contributed by atoms with Crippen molar-refractivity contribution in [3.05, 3.63) is 47.3 Å². The minimum absolute atomic E-state index is 0.235. The van der Waals surface area contributed by atoms with Gasteiger partial charge in [0, 0.05) is 38.0 Å². The van der Waals surface area contributed by atoms with Crippen molar-refractivity contribution in [2.75, 3.05) is 26.8 Å². The number of ether oxygens (including phenoxy) is 2. The fourth-order valence-corrected chi connectivity index (χ4v) is 3.17. The molecule has 1 fully saturated rings. The van der Waals surface area contributed by atoms with E-state index in [0.29, 0.717) is 6.61 Å². The number of aromatic nitrogens is 2. The second kappa shape index (κ2) is 6.72. The number of nitrogens with zero attached hydrogens (tertiary/aromatic N) is 2. The summed E-state index contributed by atoms with van der Waals surface area (Å²) in [5.74, 6) is 0.892. The second-order valence-electron chi connectivity index (χ2n) is 6.36. The molecule has 1 aliphatic heterocycles. The van der Waals surface area contributed by atoms with Gasteiger partial charge in [0.1, 0.15) is 18.0 Å². The zero-order valence-electron chi connectivity index (χ0n) is 14.1. The van der Waals surface area contributed by atoms with Crippen molar-refractivity contribution in [1.29, 1.82) is 0 Å². The fourth-order valence-electron chi connectivity index (χ4n) is 3.17. The van der Waals surface area contributed by atoms with E-state index in [2.05, 4.69) is 28.9 Å². The lowest BCUT2D eigenvalue weighted by atomic mass is 10.0. The van der Waals surface area contributed by atoms with E-state index in [1.807, 2.05) is 30.3 Å². The molecule has 0 spiro atoms. The SMILES string of the molecule is CO[C@@]1(COc2ccccc2)CCN(Cc2c(C)n[nH]c2C)C1. The number of para-hydroxylation sites is 1. The first-order valence-electron chi connectivity index (χ1n) is 8.08. The van der Waals surface area contributed by atoms with Gasteiger partial charge in [0.2, 0.25) is 0 Å². The molecule has 0 aliphatic carbocycles. The molecule has 1 atom stereocenters. The van der Waals surface area contributed by atoms with Crippen LogP contribution in [0.5, 0.6) is 5.75 Å². The Balaban J connectivity index is 1.61. The molecule has 5 heteroatoms. The number of benzene rings is 1. The van der Waals surface area contributed by atoms with Gasteiger partial charge in [-0.2, -0.15) is 5.10 Å². The molecular weight excluding hydrogens is 290 g/mol. The molecule has 3 rings (SSSR count). The summed E-state index contributed by atoms with van der Waals surface area (Å²) in [6.07, 6.45) is 0.978. The van der Waals surface area contributed by atoms with Crippen molar-refractivity contribution in [3.63, 3.8) is 0 Å². The highest BCUT2D eigenvalue weighted by Gasteiger charge is 2.39. The maximum absolute atomic E-state index is 5.94. The van der Waals surface area contributed by atoms with Gasteiger partial charge in [0.15, 0.2) is 0 Å². The number of likely N-dealkylation sites (tertiary alicyclic amines) is 1. The summed E-state index contributed by atoms with van der Waals surface area (Å²) < 4.78 is 11.8.